The van der Waals surface area contributed by atoms with Crippen LogP contribution < -0.4 is 0 Å². The predicted molar refractivity (Wildman–Crippen MR) is 17.9 cm³/mol. The van der Waals surface area contributed by atoms with Crippen LogP contribution in [0.25, 0.3) is 0 Å². The summed E-state index contributed by atoms with van der Waals surface area (Å²) in [5.74, 6) is 0. The zero-order valence-electron chi connectivity index (χ0n) is 3.16. The van der Waals surface area contributed by atoms with E-state index >= 15 is 0 Å². The molecule has 0 rings (SSSR count). The Morgan fingerprint density at radius 1 is 1.67 bits per heavy atom. The maximum absolute atomic E-state index is 9.53. The van der Waals surface area contributed by atoms with Crippen LogP contribution in [0.2, 0.25) is 0 Å². The molecule has 0 fully saturated rings. The van der Waals surface area contributed by atoms with Crippen LogP contribution in [-0.4, -0.2) is 29.8 Å². The molecule has 38 valence electrons. The molecule has 0 aliphatic heterocycles. The van der Waals surface area contributed by atoms with Crippen molar-refractivity contribution in [3.8, 4) is 0 Å². The van der Waals surface area contributed by atoms with E-state index in [1.54, 1.807) is 0 Å². The molecule has 6 heavy (non-hydrogen) atoms. The zero-order valence-corrected chi connectivity index (χ0v) is 5.03. The standard InChI is InChI=1S/CH5AsO4/c1-6-2(3,4)5/h1H3,(H2,3,4,5). The molecular formula is CH5AsO4. The van der Waals surface area contributed by atoms with E-state index in [0.29, 0.717) is 0 Å². The summed E-state index contributed by atoms with van der Waals surface area (Å²) in [5.41, 5.74) is 0. The van der Waals surface area contributed by atoms with Gasteiger partial charge in [-0.3, -0.25) is 0 Å². The second-order valence-electron chi connectivity index (χ2n) is 0.673. The van der Waals surface area contributed by atoms with Gasteiger partial charge in [0.05, 0.1) is 0 Å². The Morgan fingerprint density at radius 3 is 1.83 bits per heavy atom. The van der Waals surface area contributed by atoms with Crippen molar-refractivity contribution in [2.45, 2.75) is 0 Å². The van der Waals surface area contributed by atoms with E-state index < -0.39 is 14.5 Å². The van der Waals surface area contributed by atoms with Gasteiger partial charge in [0.1, 0.15) is 0 Å². The van der Waals surface area contributed by atoms with Crippen LogP contribution in [0.4, 0.5) is 0 Å². The summed E-state index contributed by atoms with van der Waals surface area (Å²) in [7, 11) is 0.972. The maximum atomic E-state index is 9.53. The van der Waals surface area contributed by atoms with Gasteiger partial charge >= 0.3 is 37.3 Å². The van der Waals surface area contributed by atoms with E-state index in [4.69, 9.17) is 8.19 Å². The second kappa shape index (κ2) is 1.80. The van der Waals surface area contributed by atoms with E-state index in [1.165, 1.54) is 0 Å². The molecule has 0 heterocycles. The molecule has 5 heteroatoms. The molecule has 0 aliphatic rings. The Hall–Kier alpha value is 0.238. The Balaban J connectivity index is 3.48. The van der Waals surface area contributed by atoms with Gasteiger partial charge in [-0.1, -0.05) is 0 Å². The van der Waals surface area contributed by atoms with Crippen LogP contribution in [0.15, 0.2) is 0 Å². The molecule has 0 saturated heterocycles. The number of hydrogen-bond acceptors (Lipinski definition) is 2. The van der Waals surface area contributed by atoms with Crippen molar-refractivity contribution >= 4 is 14.5 Å². The van der Waals surface area contributed by atoms with Crippen molar-refractivity contribution in [2.75, 3.05) is 7.11 Å². The second-order valence-corrected chi connectivity index (χ2v) is 3.50. The Bertz CT molecular complexity index is 71.6. The van der Waals surface area contributed by atoms with Crippen molar-refractivity contribution in [3.63, 3.8) is 0 Å². The summed E-state index contributed by atoms with van der Waals surface area (Å²) in [4.78, 5) is 0. The van der Waals surface area contributed by atoms with Crippen LogP contribution in [0.3, 0.4) is 0 Å². The molecule has 0 bridgehead atoms. The minimum atomic E-state index is -4.66. The van der Waals surface area contributed by atoms with E-state index in [1.807, 2.05) is 0 Å². The van der Waals surface area contributed by atoms with Gasteiger partial charge in [-0.15, -0.1) is 0 Å². The zero-order chi connectivity index (χ0) is 5.21. The molecule has 4 nitrogen and oxygen atoms in total. The normalized spacial score (nSPS) is 11.8. The third kappa shape index (κ3) is 4.24. The molecule has 0 unspecified atom stereocenters. The van der Waals surface area contributed by atoms with Gasteiger partial charge in [0.2, 0.25) is 0 Å². The van der Waals surface area contributed by atoms with E-state index in [2.05, 4.69) is 3.73 Å². The summed E-state index contributed by atoms with van der Waals surface area (Å²) in [6.45, 7) is 0. The van der Waals surface area contributed by atoms with Gasteiger partial charge in [-0.05, 0) is 0 Å². The van der Waals surface area contributed by atoms with Crippen molar-refractivity contribution < 1.29 is 15.7 Å². The van der Waals surface area contributed by atoms with E-state index in [-0.39, 0.29) is 0 Å². The third-order valence-corrected chi connectivity index (χ3v) is 1.24. The van der Waals surface area contributed by atoms with E-state index in [9.17, 15) is 3.74 Å². The van der Waals surface area contributed by atoms with Crippen molar-refractivity contribution in [1.29, 1.82) is 0 Å². The van der Waals surface area contributed by atoms with Gasteiger partial charge < -0.3 is 0 Å². The SMILES string of the molecule is CO[As](=O)(O)O. The van der Waals surface area contributed by atoms with E-state index in [0.717, 1.165) is 7.11 Å². The summed E-state index contributed by atoms with van der Waals surface area (Å²) in [6, 6.07) is 0. The van der Waals surface area contributed by atoms with Crippen LogP contribution in [-0.2, 0) is 7.47 Å². The van der Waals surface area contributed by atoms with Crippen LogP contribution in [0, 0.1) is 0 Å². The number of hydrogen-bond donors (Lipinski definition) is 2. The number of rotatable bonds is 1. The van der Waals surface area contributed by atoms with Crippen molar-refractivity contribution in [3.05, 3.63) is 0 Å². The summed E-state index contributed by atoms with van der Waals surface area (Å²) >= 11 is -4.66. The molecule has 0 aromatic heterocycles. The van der Waals surface area contributed by atoms with Crippen molar-refractivity contribution in [1.82, 2.24) is 0 Å². The topological polar surface area (TPSA) is 66.8 Å². The van der Waals surface area contributed by atoms with Gasteiger partial charge in [-0.2, -0.15) is 0 Å². The molecule has 0 spiro atoms. The molecule has 0 aliphatic carbocycles. The van der Waals surface area contributed by atoms with Gasteiger partial charge in [-0.25, -0.2) is 0 Å². The molecule has 0 aromatic rings. The first-order valence-corrected chi connectivity index (χ1v) is 4.38. The van der Waals surface area contributed by atoms with Gasteiger partial charge in [0.25, 0.3) is 0 Å². The minimum absolute atomic E-state index is 0.972. The fraction of sp³-hybridized carbons (Fsp3) is 1.00. The average molecular weight is 156 g/mol. The Kier molecular flexibility index (Phi) is 1.87. The van der Waals surface area contributed by atoms with Gasteiger partial charge in [0.15, 0.2) is 0 Å². The predicted octanol–water partition coefficient (Wildman–Crippen LogP) is -1.52. The Labute approximate surface area is 38.1 Å². The first-order valence-electron chi connectivity index (χ1n) is 1.17. The van der Waals surface area contributed by atoms with Crippen LogP contribution >= 0.6 is 0 Å². The molecule has 0 radical (unpaired) electrons. The fourth-order valence-corrected chi connectivity index (χ4v) is 0. The molecule has 2 N–H and O–H groups in total. The first-order chi connectivity index (χ1) is 2.56. The Morgan fingerprint density at radius 2 is 1.83 bits per heavy atom. The molecule has 0 amide bonds. The van der Waals surface area contributed by atoms with Crippen LogP contribution in [0.5, 0.6) is 0 Å². The van der Waals surface area contributed by atoms with Gasteiger partial charge in [0, 0.05) is 0 Å². The quantitative estimate of drug-likeness (QED) is 0.452. The summed E-state index contributed by atoms with van der Waals surface area (Å²) in [6.07, 6.45) is 0. The van der Waals surface area contributed by atoms with Crippen LogP contribution in [0.1, 0.15) is 0 Å². The van der Waals surface area contributed by atoms with Crippen molar-refractivity contribution in [2.24, 2.45) is 0 Å². The monoisotopic (exact) mass is 156 g/mol. The average Bonchev–Trinajstić information content (AvgIpc) is 1.35. The summed E-state index contributed by atoms with van der Waals surface area (Å²) in [5, 5.41) is 0. The first kappa shape index (κ1) is 6.24. The fourth-order valence-electron chi connectivity index (χ4n) is 0. The molecular weight excluding hydrogens is 151 g/mol. The third-order valence-electron chi connectivity index (χ3n) is 0.238. The molecule has 0 aromatic carbocycles. The molecule has 0 saturated carbocycles. The summed E-state index contributed by atoms with van der Waals surface area (Å²) < 4.78 is 28.8. The molecule has 0 atom stereocenters.